The fraction of sp³-hybridized carbons (Fsp3) is 0.556. The van der Waals surface area contributed by atoms with Gasteiger partial charge in [-0.3, -0.25) is 0 Å². The molecule has 0 saturated carbocycles. The maximum atomic E-state index is 5.81. The second-order valence-corrected chi connectivity index (χ2v) is 3.33. The maximum absolute atomic E-state index is 5.81. The molecule has 0 saturated heterocycles. The zero-order chi connectivity index (χ0) is 11.3. The Morgan fingerprint density at radius 1 is 1.53 bits per heavy atom. The molecule has 15 heavy (non-hydrogen) atoms. The van der Waals surface area contributed by atoms with E-state index in [1.54, 1.807) is 7.11 Å². The van der Waals surface area contributed by atoms with Gasteiger partial charge in [-0.2, -0.15) is 0 Å². The van der Waals surface area contributed by atoms with Gasteiger partial charge in [0.2, 0.25) is 0 Å². The van der Waals surface area contributed by atoms with Gasteiger partial charge in [-0.1, -0.05) is 11.6 Å². The maximum Gasteiger partial charge on any atom is 0.157 e. The van der Waals surface area contributed by atoms with Gasteiger partial charge >= 0.3 is 0 Å². The summed E-state index contributed by atoms with van der Waals surface area (Å²) in [6.45, 7) is 4.16. The van der Waals surface area contributed by atoms with Crippen molar-refractivity contribution >= 4 is 23.1 Å². The highest BCUT2D eigenvalue weighted by Gasteiger charge is 2.12. The van der Waals surface area contributed by atoms with Crippen molar-refractivity contribution in [2.24, 2.45) is 0 Å². The van der Waals surface area contributed by atoms with Crippen LogP contribution in [-0.4, -0.2) is 36.8 Å². The van der Waals surface area contributed by atoms with Gasteiger partial charge in [0.15, 0.2) is 11.0 Å². The number of methoxy groups -OCH3 is 1. The topological polar surface area (TPSA) is 64.3 Å². The second kappa shape index (κ2) is 5.72. The number of nitrogens with zero attached hydrogens (tertiary/aromatic N) is 3. The van der Waals surface area contributed by atoms with Crippen molar-refractivity contribution in [2.75, 3.05) is 37.4 Å². The van der Waals surface area contributed by atoms with Crippen LogP contribution in [-0.2, 0) is 4.74 Å². The fourth-order valence-electron chi connectivity index (χ4n) is 1.23. The summed E-state index contributed by atoms with van der Waals surface area (Å²) in [7, 11) is 1.66. The summed E-state index contributed by atoms with van der Waals surface area (Å²) in [4.78, 5) is 9.91. The van der Waals surface area contributed by atoms with E-state index in [2.05, 4.69) is 9.97 Å². The number of nitrogens with two attached hydrogens (primary N) is 1. The molecule has 0 aliphatic carbocycles. The van der Waals surface area contributed by atoms with Crippen LogP contribution in [0.1, 0.15) is 6.92 Å². The summed E-state index contributed by atoms with van der Waals surface area (Å²) in [5, 5.41) is 0.288. The number of aromatic nitrogens is 2. The van der Waals surface area contributed by atoms with Gasteiger partial charge in [0.05, 0.1) is 6.61 Å². The second-order valence-electron chi connectivity index (χ2n) is 2.97. The van der Waals surface area contributed by atoms with Gasteiger partial charge in [0.1, 0.15) is 12.0 Å². The first-order valence-corrected chi connectivity index (χ1v) is 5.08. The van der Waals surface area contributed by atoms with Crippen LogP contribution in [0.2, 0.25) is 5.15 Å². The Balaban J connectivity index is 2.86. The predicted octanol–water partition coefficient (Wildman–Crippen LogP) is 1.18. The summed E-state index contributed by atoms with van der Waals surface area (Å²) < 4.78 is 5.01. The third-order valence-corrected chi connectivity index (χ3v) is 2.36. The molecular weight excluding hydrogens is 216 g/mol. The van der Waals surface area contributed by atoms with Gasteiger partial charge in [0, 0.05) is 20.2 Å². The number of likely N-dealkylation sites (N-methyl/N-ethyl adjacent to an activating group) is 1. The highest BCUT2D eigenvalue weighted by molar-refractivity contribution is 6.32. The highest BCUT2D eigenvalue weighted by Crippen LogP contribution is 2.25. The number of nitrogen functional groups attached to an aromatic ring is 1. The van der Waals surface area contributed by atoms with Crippen LogP contribution in [0.5, 0.6) is 0 Å². The Morgan fingerprint density at radius 2 is 2.27 bits per heavy atom. The Hall–Kier alpha value is -1.07. The van der Waals surface area contributed by atoms with Gasteiger partial charge in [-0.15, -0.1) is 0 Å². The largest absolute Gasteiger partial charge is 0.393 e. The van der Waals surface area contributed by atoms with E-state index in [1.165, 1.54) is 6.33 Å². The Kier molecular flexibility index (Phi) is 4.58. The van der Waals surface area contributed by atoms with Crippen molar-refractivity contribution in [3.63, 3.8) is 0 Å². The molecule has 2 N–H and O–H groups in total. The van der Waals surface area contributed by atoms with E-state index in [0.717, 1.165) is 13.1 Å². The molecule has 0 fully saturated rings. The number of rotatable bonds is 5. The summed E-state index contributed by atoms with van der Waals surface area (Å²) >= 11 is 5.81. The summed E-state index contributed by atoms with van der Waals surface area (Å²) in [6.07, 6.45) is 1.41. The molecule has 0 atom stereocenters. The molecule has 5 nitrogen and oxygen atoms in total. The first kappa shape index (κ1) is 12.0. The molecule has 0 bridgehead atoms. The molecule has 0 unspecified atom stereocenters. The van der Waals surface area contributed by atoms with Crippen LogP contribution >= 0.6 is 11.6 Å². The lowest BCUT2D eigenvalue weighted by atomic mass is 10.4. The lowest BCUT2D eigenvalue weighted by Gasteiger charge is -2.22. The predicted molar refractivity (Wildman–Crippen MR) is 61.2 cm³/mol. The van der Waals surface area contributed by atoms with E-state index in [-0.39, 0.29) is 5.15 Å². The van der Waals surface area contributed by atoms with E-state index < -0.39 is 0 Å². The molecule has 6 heteroatoms. The molecule has 0 aromatic carbocycles. The first-order chi connectivity index (χ1) is 7.20. The molecule has 0 aliphatic heterocycles. The normalized spacial score (nSPS) is 10.3. The summed E-state index contributed by atoms with van der Waals surface area (Å²) in [6, 6.07) is 0. The minimum Gasteiger partial charge on any atom is -0.393 e. The number of halogens is 1. The van der Waals surface area contributed by atoms with Crippen molar-refractivity contribution in [1.29, 1.82) is 0 Å². The summed E-state index contributed by atoms with van der Waals surface area (Å²) in [5.41, 5.74) is 6.21. The van der Waals surface area contributed by atoms with E-state index in [4.69, 9.17) is 22.1 Å². The van der Waals surface area contributed by atoms with Gasteiger partial charge in [0.25, 0.3) is 0 Å². The van der Waals surface area contributed by atoms with Crippen molar-refractivity contribution in [3.8, 4) is 0 Å². The SMILES string of the molecule is CCN(CCOC)c1ncnc(Cl)c1N. The quantitative estimate of drug-likeness (QED) is 0.770. The minimum atomic E-state index is 0.288. The van der Waals surface area contributed by atoms with Gasteiger partial charge in [-0.05, 0) is 6.92 Å². The average molecular weight is 231 g/mol. The van der Waals surface area contributed by atoms with Crippen LogP contribution in [0.25, 0.3) is 0 Å². The number of anilines is 2. The molecule has 1 heterocycles. The molecule has 84 valence electrons. The lowest BCUT2D eigenvalue weighted by Crippen LogP contribution is -2.28. The first-order valence-electron chi connectivity index (χ1n) is 4.70. The van der Waals surface area contributed by atoms with Crippen molar-refractivity contribution in [2.45, 2.75) is 6.92 Å². The Labute approximate surface area is 94.2 Å². The van der Waals surface area contributed by atoms with E-state index in [9.17, 15) is 0 Å². The molecule has 1 rings (SSSR count). The fourth-order valence-corrected chi connectivity index (χ4v) is 1.36. The molecule has 0 aliphatic rings. The Morgan fingerprint density at radius 3 is 2.87 bits per heavy atom. The zero-order valence-corrected chi connectivity index (χ0v) is 9.66. The number of hydrogen-bond donors (Lipinski definition) is 1. The standard InChI is InChI=1S/C9H15ClN4O/c1-3-14(4-5-15-2)9-7(11)8(10)12-6-13-9/h6H,3-5,11H2,1-2H3. The average Bonchev–Trinajstić information content (AvgIpc) is 2.25. The Bertz CT molecular complexity index is 321. The molecule has 1 aromatic heterocycles. The molecule has 1 aromatic rings. The monoisotopic (exact) mass is 230 g/mol. The van der Waals surface area contributed by atoms with Crippen LogP contribution < -0.4 is 10.6 Å². The molecule has 0 radical (unpaired) electrons. The van der Waals surface area contributed by atoms with Crippen LogP contribution in [0.15, 0.2) is 6.33 Å². The van der Waals surface area contributed by atoms with Crippen LogP contribution in [0.3, 0.4) is 0 Å². The third-order valence-electron chi connectivity index (χ3n) is 2.06. The van der Waals surface area contributed by atoms with E-state index in [1.807, 2.05) is 11.8 Å². The molecule has 0 amide bonds. The van der Waals surface area contributed by atoms with Crippen molar-refractivity contribution < 1.29 is 4.74 Å². The highest BCUT2D eigenvalue weighted by atomic mass is 35.5. The van der Waals surface area contributed by atoms with E-state index in [0.29, 0.717) is 18.1 Å². The zero-order valence-electron chi connectivity index (χ0n) is 8.90. The van der Waals surface area contributed by atoms with Crippen LogP contribution in [0, 0.1) is 0 Å². The van der Waals surface area contributed by atoms with Gasteiger partial charge in [-0.25, -0.2) is 9.97 Å². The third kappa shape index (κ3) is 2.94. The van der Waals surface area contributed by atoms with E-state index >= 15 is 0 Å². The van der Waals surface area contributed by atoms with Crippen molar-refractivity contribution in [1.82, 2.24) is 9.97 Å². The number of ether oxygens (including phenoxy) is 1. The smallest absolute Gasteiger partial charge is 0.157 e. The molecular formula is C9H15ClN4O. The van der Waals surface area contributed by atoms with Gasteiger partial charge < -0.3 is 15.4 Å². The minimum absolute atomic E-state index is 0.288. The summed E-state index contributed by atoms with van der Waals surface area (Å²) in [5.74, 6) is 0.662. The lowest BCUT2D eigenvalue weighted by molar-refractivity contribution is 0.205. The van der Waals surface area contributed by atoms with Crippen molar-refractivity contribution in [3.05, 3.63) is 11.5 Å². The number of hydrogen-bond acceptors (Lipinski definition) is 5. The molecule has 0 spiro atoms. The van der Waals surface area contributed by atoms with Crippen LogP contribution in [0.4, 0.5) is 11.5 Å².